The van der Waals surface area contributed by atoms with Gasteiger partial charge in [-0.2, -0.15) is 0 Å². The molecule has 0 aliphatic rings. The fraction of sp³-hybridized carbons (Fsp3) is 0.167. The van der Waals surface area contributed by atoms with E-state index in [1.807, 2.05) is 60.2 Å². The van der Waals surface area contributed by atoms with Gasteiger partial charge in [-0.25, -0.2) is 0 Å². The summed E-state index contributed by atoms with van der Waals surface area (Å²) in [7, 11) is 0. The van der Waals surface area contributed by atoms with Gasteiger partial charge in [0.25, 0.3) is 5.56 Å². The van der Waals surface area contributed by atoms with E-state index >= 15 is 0 Å². The third-order valence-corrected chi connectivity index (χ3v) is 5.26. The number of rotatable bonds is 6. The lowest BCUT2D eigenvalue weighted by Crippen LogP contribution is -2.32. The van der Waals surface area contributed by atoms with Crippen LogP contribution < -0.4 is 10.9 Å². The zero-order valence-electron chi connectivity index (χ0n) is 16.6. The maximum atomic E-state index is 13.1. The minimum absolute atomic E-state index is 0.0367. The van der Waals surface area contributed by atoms with Gasteiger partial charge in [-0.05, 0) is 42.3 Å². The summed E-state index contributed by atoms with van der Waals surface area (Å²) in [6.45, 7) is 2.97. The molecule has 4 rings (SSSR count). The quantitative estimate of drug-likeness (QED) is 0.511. The van der Waals surface area contributed by atoms with Crippen LogP contribution in [0.5, 0.6) is 0 Å². The van der Waals surface area contributed by atoms with Crippen molar-refractivity contribution in [1.82, 2.24) is 14.5 Å². The van der Waals surface area contributed by atoms with Gasteiger partial charge in [-0.3, -0.25) is 9.59 Å². The molecule has 0 aliphatic heterocycles. The minimum Gasteiger partial charge on any atom is -0.350 e. The Morgan fingerprint density at radius 2 is 1.70 bits per heavy atom. The van der Waals surface area contributed by atoms with Crippen molar-refractivity contribution in [3.8, 4) is 0 Å². The molecule has 0 saturated heterocycles. The van der Waals surface area contributed by atoms with Crippen LogP contribution >= 0.6 is 11.6 Å². The van der Waals surface area contributed by atoms with Crippen molar-refractivity contribution in [3.63, 3.8) is 0 Å². The van der Waals surface area contributed by atoms with E-state index in [9.17, 15) is 9.59 Å². The fourth-order valence-corrected chi connectivity index (χ4v) is 3.78. The third kappa shape index (κ3) is 4.47. The molecule has 0 saturated carbocycles. The van der Waals surface area contributed by atoms with Gasteiger partial charge < -0.3 is 14.5 Å². The molecule has 0 radical (unpaired) electrons. The van der Waals surface area contributed by atoms with Gasteiger partial charge in [0.05, 0.1) is 0 Å². The lowest BCUT2D eigenvalue weighted by Gasteiger charge is -2.10. The van der Waals surface area contributed by atoms with E-state index in [0.717, 1.165) is 16.5 Å². The molecule has 6 heteroatoms. The number of hydrogen-bond acceptors (Lipinski definition) is 2. The number of pyridine rings is 1. The highest BCUT2D eigenvalue weighted by Crippen LogP contribution is 2.15. The van der Waals surface area contributed by atoms with E-state index < -0.39 is 0 Å². The molecule has 152 valence electrons. The maximum Gasteiger partial charge on any atom is 0.275 e. The summed E-state index contributed by atoms with van der Waals surface area (Å²) in [6.07, 6.45) is 3.58. The van der Waals surface area contributed by atoms with Gasteiger partial charge in [0.15, 0.2) is 0 Å². The SMILES string of the molecule is Cc1cccc(Cn2ccc3ccn(CC(=O)NCc4cccc(Cl)c4)c(=O)c32)c1. The number of halogens is 1. The first kappa shape index (κ1) is 20.0. The average molecular weight is 420 g/mol. The Balaban J connectivity index is 1.52. The highest BCUT2D eigenvalue weighted by Gasteiger charge is 2.11. The molecule has 4 aromatic rings. The van der Waals surface area contributed by atoms with Crippen LogP contribution in [0.25, 0.3) is 10.9 Å². The summed E-state index contributed by atoms with van der Waals surface area (Å²) >= 11 is 5.98. The predicted molar refractivity (Wildman–Crippen MR) is 120 cm³/mol. The molecule has 2 aromatic carbocycles. The van der Waals surface area contributed by atoms with Gasteiger partial charge in [0.2, 0.25) is 5.91 Å². The van der Waals surface area contributed by atoms with Crippen molar-refractivity contribution in [1.29, 1.82) is 0 Å². The molecule has 2 heterocycles. The average Bonchev–Trinajstić information content (AvgIpc) is 3.12. The Labute approximate surface area is 179 Å². The van der Waals surface area contributed by atoms with Gasteiger partial charge >= 0.3 is 0 Å². The molecule has 30 heavy (non-hydrogen) atoms. The summed E-state index contributed by atoms with van der Waals surface area (Å²) in [5.74, 6) is -0.229. The number of nitrogens with one attached hydrogen (secondary N) is 1. The zero-order valence-corrected chi connectivity index (χ0v) is 17.4. The molecule has 1 N–H and O–H groups in total. The van der Waals surface area contributed by atoms with Crippen molar-refractivity contribution >= 4 is 28.4 Å². The number of carbonyl (C=O) groups excluding carboxylic acids is 1. The maximum absolute atomic E-state index is 13.1. The Morgan fingerprint density at radius 3 is 2.47 bits per heavy atom. The number of hydrogen-bond donors (Lipinski definition) is 1. The standard InChI is InChI=1S/C24H22ClN3O2/c1-17-4-2-6-19(12-17)15-27-10-8-20-9-11-28(24(30)23(20)27)16-22(29)26-14-18-5-3-7-21(25)13-18/h2-13H,14-16H2,1H3,(H,26,29). The first-order valence-corrected chi connectivity index (χ1v) is 10.1. The summed E-state index contributed by atoms with van der Waals surface area (Å²) in [5.41, 5.74) is 3.63. The molecular weight excluding hydrogens is 398 g/mol. The van der Waals surface area contributed by atoms with Crippen molar-refractivity contribution in [3.05, 3.63) is 105 Å². The van der Waals surface area contributed by atoms with Crippen LogP contribution in [0, 0.1) is 6.92 Å². The van der Waals surface area contributed by atoms with E-state index in [1.165, 1.54) is 10.1 Å². The van der Waals surface area contributed by atoms with Crippen LogP contribution in [-0.2, 0) is 24.4 Å². The van der Waals surface area contributed by atoms with Crippen LogP contribution in [0.1, 0.15) is 16.7 Å². The second-order valence-corrected chi connectivity index (χ2v) is 7.83. The molecule has 0 atom stereocenters. The summed E-state index contributed by atoms with van der Waals surface area (Å²) < 4.78 is 3.38. The minimum atomic E-state index is -0.229. The van der Waals surface area contributed by atoms with Crippen molar-refractivity contribution in [2.75, 3.05) is 0 Å². The van der Waals surface area contributed by atoms with Gasteiger partial charge in [0, 0.05) is 35.9 Å². The van der Waals surface area contributed by atoms with Crippen LogP contribution in [0.4, 0.5) is 0 Å². The lowest BCUT2D eigenvalue weighted by molar-refractivity contribution is -0.121. The first-order valence-electron chi connectivity index (χ1n) is 9.74. The Morgan fingerprint density at radius 1 is 0.967 bits per heavy atom. The van der Waals surface area contributed by atoms with E-state index in [1.54, 1.807) is 18.3 Å². The second-order valence-electron chi connectivity index (χ2n) is 7.39. The Kier molecular flexibility index (Phi) is 5.72. The largest absolute Gasteiger partial charge is 0.350 e. The summed E-state index contributed by atoms with van der Waals surface area (Å²) in [5, 5.41) is 4.33. The number of benzene rings is 2. The van der Waals surface area contributed by atoms with Crippen LogP contribution in [0.3, 0.4) is 0 Å². The number of fused-ring (bicyclic) bond motifs is 1. The second kappa shape index (κ2) is 8.59. The molecule has 5 nitrogen and oxygen atoms in total. The van der Waals surface area contributed by atoms with Crippen molar-refractivity contribution < 1.29 is 4.79 Å². The zero-order chi connectivity index (χ0) is 21.1. The highest BCUT2D eigenvalue weighted by atomic mass is 35.5. The molecule has 0 fully saturated rings. The van der Waals surface area contributed by atoms with Crippen LogP contribution in [0.2, 0.25) is 5.02 Å². The van der Waals surface area contributed by atoms with Crippen LogP contribution in [-0.4, -0.2) is 15.0 Å². The third-order valence-electron chi connectivity index (χ3n) is 5.02. The number of aromatic nitrogens is 2. The monoisotopic (exact) mass is 419 g/mol. The molecule has 2 aromatic heterocycles. The Bertz CT molecular complexity index is 1270. The van der Waals surface area contributed by atoms with E-state index in [2.05, 4.69) is 11.4 Å². The highest BCUT2D eigenvalue weighted by molar-refractivity contribution is 6.30. The smallest absolute Gasteiger partial charge is 0.275 e. The molecule has 0 aliphatic carbocycles. The topological polar surface area (TPSA) is 56.0 Å². The van der Waals surface area contributed by atoms with E-state index in [4.69, 9.17) is 11.6 Å². The molecule has 0 unspecified atom stereocenters. The predicted octanol–water partition coefficient (Wildman–Crippen LogP) is 4.13. The molecule has 0 bridgehead atoms. The summed E-state index contributed by atoms with van der Waals surface area (Å²) in [6, 6.07) is 19.3. The molecular formula is C24H22ClN3O2. The summed E-state index contributed by atoms with van der Waals surface area (Å²) in [4.78, 5) is 25.5. The lowest BCUT2D eigenvalue weighted by atomic mass is 10.1. The first-order chi connectivity index (χ1) is 14.5. The number of aryl methyl sites for hydroxylation is 1. The van der Waals surface area contributed by atoms with Gasteiger partial charge in [-0.1, -0.05) is 53.6 Å². The van der Waals surface area contributed by atoms with Gasteiger partial charge in [0.1, 0.15) is 12.1 Å². The van der Waals surface area contributed by atoms with Crippen molar-refractivity contribution in [2.24, 2.45) is 0 Å². The molecule has 0 spiro atoms. The van der Waals surface area contributed by atoms with Crippen LogP contribution in [0.15, 0.2) is 77.9 Å². The number of carbonyl (C=O) groups is 1. The Hall–Kier alpha value is -3.31. The van der Waals surface area contributed by atoms with E-state index in [0.29, 0.717) is 23.6 Å². The molecule has 1 amide bonds. The van der Waals surface area contributed by atoms with Crippen molar-refractivity contribution in [2.45, 2.75) is 26.6 Å². The number of amides is 1. The number of nitrogens with zero attached hydrogens (tertiary/aromatic N) is 2. The van der Waals surface area contributed by atoms with Gasteiger partial charge in [-0.15, -0.1) is 0 Å². The normalized spacial score (nSPS) is 11.0. The fourth-order valence-electron chi connectivity index (χ4n) is 3.57. The van der Waals surface area contributed by atoms with E-state index in [-0.39, 0.29) is 18.0 Å².